The summed E-state index contributed by atoms with van der Waals surface area (Å²) in [6.45, 7) is 5.68. The second-order valence-corrected chi connectivity index (χ2v) is 6.17. The number of rotatable bonds is 9. The van der Waals surface area contributed by atoms with Gasteiger partial charge in [-0.25, -0.2) is 0 Å². The number of hydrogen-bond donors (Lipinski definition) is 1. The van der Waals surface area contributed by atoms with Crippen LogP contribution < -0.4 is 0 Å². The van der Waals surface area contributed by atoms with Crippen molar-refractivity contribution < 1.29 is 14.6 Å². The van der Waals surface area contributed by atoms with Crippen molar-refractivity contribution in [2.75, 3.05) is 26.2 Å². The van der Waals surface area contributed by atoms with Crippen LogP contribution in [-0.4, -0.2) is 48.3 Å². The molecule has 1 aliphatic heterocycles. The first-order valence-electron chi connectivity index (χ1n) is 8.25. The summed E-state index contributed by atoms with van der Waals surface area (Å²) in [5, 5.41) is 8.80. The lowest BCUT2D eigenvalue weighted by Gasteiger charge is -2.25. The first kappa shape index (κ1) is 17.0. The van der Waals surface area contributed by atoms with Crippen molar-refractivity contribution in [3.05, 3.63) is 35.4 Å². The molecular weight excluding hydrogens is 278 g/mol. The average molecular weight is 305 g/mol. The highest BCUT2D eigenvalue weighted by Crippen LogP contribution is 2.14. The van der Waals surface area contributed by atoms with Gasteiger partial charge in [-0.3, -0.25) is 4.79 Å². The van der Waals surface area contributed by atoms with Crippen LogP contribution in [0.25, 0.3) is 0 Å². The molecule has 1 saturated heterocycles. The molecule has 122 valence electrons. The Morgan fingerprint density at radius 3 is 2.73 bits per heavy atom. The van der Waals surface area contributed by atoms with E-state index in [2.05, 4.69) is 36.1 Å². The van der Waals surface area contributed by atoms with Crippen LogP contribution in [0.3, 0.4) is 0 Å². The van der Waals surface area contributed by atoms with Crippen LogP contribution in [0.5, 0.6) is 0 Å². The molecule has 1 unspecified atom stereocenters. The molecule has 0 aliphatic carbocycles. The summed E-state index contributed by atoms with van der Waals surface area (Å²) in [5.41, 5.74) is 2.61. The number of benzene rings is 1. The normalized spacial score (nSPS) is 18.0. The van der Waals surface area contributed by atoms with Gasteiger partial charge in [0.25, 0.3) is 0 Å². The molecule has 0 saturated carbocycles. The maximum absolute atomic E-state index is 10.7. The topological polar surface area (TPSA) is 49.8 Å². The fourth-order valence-corrected chi connectivity index (χ4v) is 2.87. The number of aryl methyl sites for hydroxylation is 1. The van der Waals surface area contributed by atoms with Crippen LogP contribution in [0.4, 0.5) is 0 Å². The molecule has 0 aromatic heterocycles. The second kappa shape index (κ2) is 8.91. The van der Waals surface area contributed by atoms with E-state index in [1.807, 2.05) is 0 Å². The Hall–Kier alpha value is -1.39. The first-order valence-corrected chi connectivity index (χ1v) is 8.25. The minimum atomic E-state index is -0.712. The zero-order valence-electron chi connectivity index (χ0n) is 13.5. The Morgan fingerprint density at radius 1 is 1.32 bits per heavy atom. The summed E-state index contributed by atoms with van der Waals surface area (Å²) in [4.78, 5) is 13.1. The fourth-order valence-electron chi connectivity index (χ4n) is 2.87. The molecule has 0 spiro atoms. The third-order valence-corrected chi connectivity index (χ3v) is 4.19. The third kappa shape index (κ3) is 6.16. The summed E-state index contributed by atoms with van der Waals surface area (Å²) in [5.74, 6) is -0.712. The number of ether oxygens (including phenoxy) is 1. The monoisotopic (exact) mass is 305 g/mol. The van der Waals surface area contributed by atoms with E-state index in [-0.39, 0.29) is 6.42 Å². The van der Waals surface area contributed by atoms with Crippen molar-refractivity contribution in [1.82, 2.24) is 4.90 Å². The molecule has 1 N–H and O–H groups in total. The minimum absolute atomic E-state index is 0.243. The molecule has 2 rings (SSSR count). The number of aliphatic carboxylic acids is 1. The summed E-state index contributed by atoms with van der Waals surface area (Å²) in [6.07, 6.45) is 4.54. The number of hydrogen-bond acceptors (Lipinski definition) is 3. The Bertz CT molecular complexity index is 452. The minimum Gasteiger partial charge on any atom is -0.481 e. The predicted molar refractivity (Wildman–Crippen MR) is 87.2 cm³/mol. The van der Waals surface area contributed by atoms with Gasteiger partial charge in [-0.1, -0.05) is 29.8 Å². The van der Waals surface area contributed by atoms with Gasteiger partial charge in [0.15, 0.2) is 0 Å². The largest absolute Gasteiger partial charge is 0.481 e. The lowest BCUT2D eigenvalue weighted by atomic mass is 10.1. The molecule has 1 aromatic carbocycles. The van der Waals surface area contributed by atoms with E-state index in [0.717, 1.165) is 45.5 Å². The highest BCUT2D eigenvalue weighted by molar-refractivity contribution is 5.66. The fraction of sp³-hybridized carbons (Fsp3) is 0.611. The van der Waals surface area contributed by atoms with Gasteiger partial charge in [0.1, 0.15) is 0 Å². The Kier molecular flexibility index (Phi) is 6.87. The van der Waals surface area contributed by atoms with Gasteiger partial charge in [-0.15, -0.1) is 0 Å². The first-order chi connectivity index (χ1) is 10.6. The zero-order valence-corrected chi connectivity index (χ0v) is 13.5. The molecule has 1 atom stereocenters. The molecular formula is C18H27NO3. The van der Waals surface area contributed by atoms with E-state index in [1.54, 1.807) is 0 Å². The van der Waals surface area contributed by atoms with Crippen molar-refractivity contribution in [2.45, 2.75) is 45.1 Å². The van der Waals surface area contributed by atoms with E-state index >= 15 is 0 Å². The standard InChI is InChI=1S/C18H27NO3/c1-15-6-8-16(9-7-15)10-12-19(11-2-5-18(20)21)14-17-4-3-13-22-17/h6-9,17H,2-5,10-14H2,1H3,(H,20,21). The predicted octanol–water partition coefficient (Wildman–Crippen LogP) is 2.88. The molecule has 0 bridgehead atoms. The number of nitrogens with zero attached hydrogens (tertiary/aromatic N) is 1. The lowest BCUT2D eigenvalue weighted by Crippen LogP contribution is -2.34. The summed E-state index contributed by atoms with van der Waals surface area (Å²) >= 11 is 0. The second-order valence-electron chi connectivity index (χ2n) is 6.17. The lowest BCUT2D eigenvalue weighted by molar-refractivity contribution is -0.137. The summed E-state index contributed by atoms with van der Waals surface area (Å²) in [7, 11) is 0. The summed E-state index contributed by atoms with van der Waals surface area (Å²) in [6, 6.07) is 8.64. The van der Waals surface area contributed by atoms with E-state index in [9.17, 15) is 4.79 Å². The van der Waals surface area contributed by atoms with Gasteiger partial charge in [-0.2, -0.15) is 0 Å². The van der Waals surface area contributed by atoms with Crippen molar-refractivity contribution in [3.8, 4) is 0 Å². The van der Waals surface area contributed by atoms with Crippen LogP contribution >= 0.6 is 0 Å². The smallest absolute Gasteiger partial charge is 0.303 e. The van der Waals surface area contributed by atoms with Crippen molar-refractivity contribution >= 4 is 5.97 Å². The Balaban J connectivity index is 1.81. The maximum atomic E-state index is 10.7. The molecule has 1 aromatic rings. The molecule has 22 heavy (non-hydrogen) atoms. The molecule has 1 heterocycles. The average Bonchev–Trinajstić information content (AvgIpc) is 2.99. The van der Waals surface area contributed by atoms with Crippen LogP contribution in [0.1, 0.15) is 36.8 Å². The maximum Gasteiger partial charge on any atom is 0.303 e. The van der Waals surface area contributed by atoms with Crippen molar-refractivity contribution in [3.63, 3.8) is 0 Å². The Labute approximate surface area is 133 Å². The van der Waals surface area contributed by atoms with Gasteiger partial charge < -0.3 is 14.7 Å². The Morgan fingerprint density at radius 2 is 2.09 bits per heavy atom. The van der Waals surface area contributed by atoms with E-state index in [4.69, 9.17) is 9.84 Å². The molecule has 0 amide bonds. The van der Waals surface area contributed by atoms with Crippen LogP contribution in [0.2, 0.25) is 0 Å². The van der Waals surface area contributed by atoms with Crippen molar-refractivity contribution in [1.29, 1.82) is 0 Å². The number of carboxylic acids is 1. The third-order valence-electron chi connectivity index (χ3n) is 4.19. The SMILES string of the molecule is Cc1ccc(CCN(CCCC(=O)O)CC2CCCO2)cc1. The van der Waals surface area contributed by atoms with Crippen molar-refractivity contribution in [2.24, 2.45) is 0 Å². The summed E-state index contributed by atoms with van der Waals surface area (Å²) < 4.78 is 5.72. The van der Waals surface area contributed by atoms with E-state index < -0.39 is 5.97 Å². The van der Waals surface area contributed by atoms with E-state index in [0.29, 0.717) is 12.5 Å². The molecule has 4 nitrogen and oxygen atoms in total. The van der Waals surface area contributed by atoms with Gasteiger partial charge in [-0.05, 0) is 44.7 Å². The highest BCUT2D eigenvalue weighted by Gasteiger charge is 2.19. The molecule has 1 fully saturated rings. The number of carboxylic acid groups (broad SMARTS) is 1. The molecule has 1 aliphatic rings. The van der Waals surface area contributed by atoms with Gasteiger partial charge >= 0.3 is 5.97 Å². The zero-order chi connectivity index (χ0) is 15.8. The number of carbonyl (C=O) groups is 1. The van der Waals surface area contributed by atoms with Gasteiger partial charge in [0.05, 0.1) is 6.10 Å². The van der Waals surface area contributed by atoms with Crippen LogP contribution in [-0.2, 0) is 16.0 Å². The molecule has 4 heteroatoms. The van der Waals surface area contributed by atoms with E-state index in [1.165, 1.54) is 11.1 Å². The quantitative estimate of drug-likeness (QED) is 0.762. The van der Waals surface area contributed by atoms with Crippen LogP contribution in [0, 0.1) is 6.92 Å². The van der Waals surface area contributed by atoms with Gasteiger partial charge in [0.2, 0.25) is 0 Å². The highest BCUT2D eigenvalue weighted by atomic mass is 16.5. The molecule has 0 radical (unpaired) electrons. The van der Waals surface area contributed by atoms with Gasteiger partial charge in [0, 0.05) is 26.1 Å². The van der Waals surface area contributed by atoms with Crippen LogP contribution in [0.15, 0.2) is 24.3 Å².